The van der Waals surface area contributed by atoms with Gasteiger partial charge in [0.1, 0.15) is 6.07 Å². The summed E-state index contributed by atoms with van der Waals surface area (Å²) >= 11 is 0. The quantitative estimate of drug-likeness (QED) is 0.683. The highest BCUT2D eigenvalue weighted by molar-refractivity contribution is 5.40. The van der Waals surface area contributed by atoms with E-state index in [2.05, 4.69) is 4.98 Å². The first kappa shape index (κ1) is 8.08. The molecule has 5 heteroatoms. The fraction of sp³-hybridized carbons (Fsp3) is 0.500. The van der Waals surface area contributed by atoms with Gasteiger partial charge < -0.3 is 14.9 Å². The van der Waals surface area contributed by atoms with Gasteiger partial charge in [-0.2, -0.15) is 5.26 Å². The lowest BCUT2D eigenvalue weighted by atomic mass is 10.1. The van der Waals surface area contributed by atoms with Gasteiger partial charge in [-0.3, -0.25) is 0 Å². The van der Waals surface area contributed by atoms with Gasteiger partial charge >= 0.3 is 0 Å². The Kier molecular flexibility index (Phi) is 1.91. The third kappa shape index (κ3) is 1.36. The third-order valence-electron chi connectivity index (χ3n) is 2.05. The number of oxazole rings is 1. The molecule has 1 aromatic heterocycles. The van der Waals surface area contributed by atoms with E-state index in [1.54, 1.807) is 0 Å². The Morgan fingerprint density at radius 1 is 1.62 bits per heavy atom. The molecule has 0 radical (unpaired) electrons. The minimum Gasteiger partial charge on any atom is -0.424 e. The first-order valence-corrected chi connectivity index (χ1v) is 4.05. The molecule has 1 atom stereocenters. The second kappa shape index (κ2) is 3.07. The van der Waals surface area contributed by atoms with E-state index >= 15 is 0 Å². The Morgan fingerprint density at radius 3 is 3.00 bits per heavy atom. The van der Waals surface area contributed by atoms with E-state index < -0.39 is 0 Å². The van der Waals surface area contributed by atoms with Gasteiger partial charge in [0, 0.05) is 6.61 Å². The fourth-order valence-corrected chi connectivity index (χ4v) is 1.33. The molecule has 1 aromatic rings. The lowest BCUT2D eigenvalue weighted by molar-refractivity contribution is 0.191. The summed E-state index contributed by atoms with van der Waals surface area (Å²) < 4.78 is 10.3. The van der Waals surface area contributed by atoms with Crippen molar-refractivity contribution < 1.29 is 9.15 Å². The zero-order valence-corrected chi connectivity index (χ0v) is 6.99. The van der Waals surface area contributed by atoms with Gasteiger partial charge in [0.05, 0.1) is 12.5 Å². The van der Waals surface area contributed by atoms with Crippen molar-refractivity contribution in [2.75, 3.05) is 18.9 Å². The van der Waals surface area contributed by atoms with Crippen LogP contribution in [-0.2, 0) is 4.74 Å². The number of hydrogen-bond donors (Lipinski definition) is 1. The van der Waals surface area contributed by atoms with Crippen molar-refractivity contribution in [3.8, 4) is 6.07 Å². The molecule has 0 amide bonds. The number of ether oxygens (including phenoxy) is 1. The molecule has 1 saturated heterocycles. The van der Waals surface area contributed by atoms with Crippen molar-refractivity contribution in [1.82, 2.24) is 4.98 Å². The maximum atomic E-state index is 8.59. The molecule has 1 fully saturated rings. The molecule has 0 spiro atoms. The molecule has 68 valence electrons. The molecule has 0 bridgehead atoms. The van der Waals surface area contributed by atoms with Gasteiger partial charge in [0.2, 0.25) is 17.5 Å². The summed E-state index contributed by atoms with van der Waals surface area (Å²) in [4.78, 5) is 3.98. The zero-order chi connectivity index (χ0) is 9.26. The second-order valence-electron chi connectivity index (χ2n) is 2.94. The second-order valence-corrected chi connectivity index (χ2v) is 2.94. The zero-order valence-electron chi connectivity index (χ0n) is 6.99. The number of aromatic nitrogens is 1. The predicted octanol–water partition coefficient (Wildman–Crippen LogP) is 0.632. The topological polar surface area (TPSA) is 85.1 Å². The Hall–Kier alpha value is -1.54. The molecule has 5 nitrogen and oxygen atoms in total. The van der Waals surface area contributed by atoms with E-state index in [0.29, 0.717) is 12.5 Å². The van der Waals surface area contributed by atoms with Crippen LogP contribution >= 0.6 is 0 Å². The minimum atomic E-state index is 0.101. The third-order valence-corrected chi connectivity index (χ3v) is 2.05. The van der Waals surface area contributed by atoms with Crippen molar-refractivity contribution in [2.45, 2.75) is 12.3 Å². The number of anilines is 1. The molecule has 0 aliphatic carbocycles. The van der Waals surface area contributed by atoms with Crippen molar-refractivity contribution in [2.24, 2.45) is 0 Å². The summed E-state index contributed by atoms with van der Waals surface area (Å²) in [6.07, 6.45) is 0.880. The van der Waals surface area contributed by atoms with Crippen LogP contribution in [0.4, 0.5) is 5.88 Å². The number of nitrogens with two attached hydrogens (primary N) is 1. The predicted molar refractivity (Wildman–Crippen MR) is 43.8 cm³/mol. The van der Waals surface area contributed by atoms with Crippen molar-refractivity contribution in [3.63, 3.8) is 0 Å². The van der Waals surface area contributed by atoms with Gasteiger partial charge in [0.25, 0.3) is 0 Å². The van der Waals surface area contributed by atoms with E-state index in [9.17, 15) is 0 Å². The highest BCUT2D eigenvalue weighted by Crippen LogP contribution is 2.26. The van der Waals surface area contributed by atoms with Crippen LogP contribution in [0.3, 0.4) is 0 Å². The summed E-state index contributed by atoms with van der Waals surface area (Å²) in [6, 6.07) is 1.87. The molecule has 1 aliphatic rings. The largest absolute Gasteiger partial charge is 0.424 e. The van der Waals surface area contributed by atoms with Gasteiger partial charge in [-0.15, -0.1) is 0 Å². The Labute approximate surface area is 75.1 Å². The lowest BCUT2D eigenvalue weighted by Gasteiger charge is -1.98. The number of nitriles is 1. The van der Waals surface area contributed by atoms with E-state index in [0.717, 1.165) is 13.0 Å². The van der Waals surface area contributed by atoms with Gasteiger partial charge in [-0.05, 0) is 6.42 Å². The molecule has 13 heavy (non-hydrogen) atoms. The van der Waals surface area contributed by atoms with E-state index in [1.807, 2.05) is 6.07 Å². The SMILES string of the molecule is N#Cc1nc(C2CCOC2)oc1N. The van der Waals surface area contributed by atoms with Gasteiger partial charge in [0.15, 0.2) is 0 Å². The summed E-state index contributed by atoms with van der Waals surface area (Å²) in [5, 5.41) is 8.59. The smallest absolute Gasteiger partial charge is 0.229 e. The molecule has 0 saturated carbocycles. The number of nitrogen functional groups attached to an aromatic ring is 1. The molecule has 1 unspecified atom stereocenters. The average molecular weight is 179 g/mol. The molecular weight excluding hydrogens is 170 g/mol. The first-order valence-electron chi connectivity index (χ1n) is 4.05. The average Bonchev–Trinajstić information content (AvgIpc) is 2.71. The van der Waals surface area contributed by atoms with Crippen LogP contribution in [0, 0.1) is 11.3 Å². The number of hydrogen-bond acceptors (Lipinski definition) is 5. The maximum absolute atomic E-state index is 8.59. The van der Waals surface area contributed by atoms with Crippen LogP contribution in [0.25, 0.3) is 0 Å². The monoisotopic (exact) mass is 179 g/mol. The Bertz CT molecular complexity index is 347. The maximum Gasteiger partial charge on any atom is 0.229 e. The summed E-state index contributed by atoms with van der Waals surface area (Å²) in [6.45, 7) is 1.32. The van der Waals surface area contributed by atoms with Crippen LogP contribution in [0.5, 0.6) is 0 Å². The number of rotatable bonds is 1. The fourth-order valence-electron chi connectivity index (χ4n) is 1.33. The summed E-state index contributed by atoms with van der Waals surface area (Å²) in [7, 11) is 0. The first-order chi connectivity index (χ1) is 6.31. The van der Waals surface area contributed by atoms with E-state index in [1.165, 1.54) is 0 Å². The number of nitrogens with zero attached hydrogens (tertiary/aromatic N) is 2. The Balaban J connectivity index is 2.26. The van der Waals surface area contributed by atoms with Gasteiger partial charge in [-0.1, -0.05) is 0 Å². The molecule has 2 rings (SSSR count). The highest BCUT2D eigenvalue weighted by atomic mass is 16.5. The van der Waals surface area contributed by atoms with Crippen LogP contribution in [0.1, 0.15) is 23.9 Å². The lowest BCUT2D eigenvalue weighted by Crippen LogP contribution is -1.97. The van der Waals surface area contributed by atoms with E-state index in [4.69, 9.17) is 20.1 Å². The van der Waals surface area contributed by atoms with Crippen molar-refractivity contribution >= 4 is 5.88 Å². The molecule has 0 aromatic carbocycles. The van der Waals surface area contributed by atoms with Crippen molar-refractivity contribution in [1.29, 1.82) is 5.26 Å². The summed E-state index contributed by atoms with van der Waals surface area (Å²) in [5.74, 6) is 0.778. The van der Waals surface area contributed by atoms with Crippen LogP contribution < -0.4 is 5.73 Å². The molecule has 1 aliphatic heterocycles. The summed E-state index contributed by atoms with van der Waals surface area (Å²) in [5.41, 5.74) is 5.60. The van der Waals surface area contributed by atoms with Crippen LogP contribution in [0.2, 0.25) is 0 Å². The molecular formula is C8H9N3O2. The standard InChI is InChI=1S/C8H9N3O2/c9-3-6-7(10)13-8(11-6)5-1-2-12-4-5/h5H,1-2,4,10H2. The molecule has 2 heterocycles. The molecule has 2 N–H and O–H groups in total. The van der Waals surface area contributed by atoms with Crippen LogP contribution in [0.15, 0.2) is 4.42 Å². The highest BCUT2D eigenvalue weighted by Gasteiger charge is 2.24. The van der Waals surface area contributed by atoms with Crippen molar-refractivity contribution in [3.05, 3.63) is 11.6 Å². The van der Waals surface area contributed by atoms with Gasteiger partial charge in [-0.25, -0.2) is 4.98 Å². The minimum absolute atomic E-state index is 0.101. The Morgan fingerprint density at radius 2 is 2.46 bits per heavy atom. The van der Waals surface area contributed by atoms with E-state index in [-0.39, 0.29) is 17.5 Å². The normalized spacial score (nSPS) is 21.6. The van der Waals surface area contributed by atoms with Crippen LogP contribution in [-0.4, -0.2) is 18.2 Å².